The maximum Gasteiger partial charge on any atom is 0.273 e. The lowest BCUT2D eigenvalue weighted by molar-refractivity contribution is -0.123. The number of nitrogens with one attached hydrogen (secondary N) is 4. The van der Waals surface area contributed by atoms with Crippen LogP contribution in [0.2, 0.25) is 0 Å². The van der Waals surface area contributed by atoms with Crippen molar-refractivity contribution in [1.82, 2.24) is 26.1 Å². The quantitative estimate of drug-likeness (QED) is 0.624. The minimum absolute atomic E-state index is 0.156. The van der Waals surface area contributed by atoms with E-state index in [0.717, 1.165) is 24.0 Å². The molecule has 21 heavy (non-hydrogen) atoms. The number of rotatable bonds is 4. The van der Waals surface area contributed by atoms with Crippen LogP contribution in [0, 0.1) is 0 Å². The fraction of sp³-hybridized carbons (Fsp3) is 0.357. The maximum atomic E-state index is 12.2. The Bertz CT molecular complexity index is 677. The van der Waals surface area contributed by atoms with E-state index in [1.54, 1.807) is 6.92 Å². The molecule has 2 aromatic rings. The van der Waals surface area contributed by atoms with Gasteiger partial charge in [0.05, 0.1) is 11.6 Å². The Morgan fingerprint density at radius 3 is 2.81 bits per heavy atom. The van der Waals surface area contributed by atoms with Gasteiger partial charge < -0.3 is 16.0 Å². The highest BCUT2D eigenvalue weighted by atomic mass is 16.2. The number of nitrogens with zero attached hydrogens (tertiary/aromatic N) is 1. The first-order chi connectivity index (χ1) is 10.1. The molecule has 1 atom stereocenters. The van der Waals surface area contributed by atoms with Crippen molar-refractivity contribution in [3.05, 3.63) is 30.0 Å². The number of aromatic amines is 1. The molecule has 0 bridgehead atoms. The summed E-state index contributed by atoms with van der Waals surface area (Å²) < 4.78 is 0. The first-order valence-corrected chi connectivity index (χ1v) is 6.90. The summed E-state index contributed by atoms with van der Waals surface area (Å²) in [5.41, 5.74) is 1.09. The number of carbonyl (C=O) groups is 2. The predicted molar refractivity (Wildman–Crippen MR) is 77.8 cm³/mol. The molecule has 110 valence electrons. The Kier molecular flexibility index (Phi) is 3.57. The van der Waals surface area contributed by atoms with Crippen molar-refractivity contribution in [2.24, 2.45) is 0 Å². The Morgan fingerprint density at radius 2 is 2.10 bits per heavy atom. The van der Waals surface area contributed by atoms with Gasteiger partial charge in [-0.25, -0.2) is 0 Å². The lowest BCUT2D eigenvalue weighted by Gasteiger charge is -2.29. The minimum atomic E-state index is -0.603. The molecule has 2 amide bonds. The molecule has 1 aromatic carbocycles. The molecule has 0 aliphatic carbocycles. The molecular formula is C14H17N5O2. The number of hydrogen-bond donors (Lipinski definition) is 4. The monoisotopic (exact) mass is 287 g/mol. The second-order valence-corrected chi connectivity index (χ2v) is 5.18. The minimum Gasteiger partial charge on any atom is -0.349 e. The normalized spacial score (nSPS) is 16.2. The average Bonchev–Trinajstić information content (AvgIpc) is 2.86. The summed E-state index contributed by atoms with van der Waals surface area (Å²) in [6.07, 6.45) is 0. The number of H-pyrrole nitrogens is 1. The highest BCUT2D eigenvalue weighted by molar-refractivity contribution is 6.05. The van der Waals surface area contributed by atoms with Gasteiger partial charge in [-0.3, -0.25) is 14.7 Å². The van der Waals surface area contributed by atoms with Crippen molar-refractivity contribution in [3.63, 3.8) is 0 Å². The van der Waals surface area contributed by atoms with E-state index in [2.05, 4.69) is 26.1 Å². The smallest absolute Gasteiger partial charge is 0.273 e. The van der Waals surface area contributed by atoms with Crippen LogP contribution < -0.4 is 16.0 Å². The summed E-state index contributed by atoms with van der Waals surface area (Å²) in [6.45, 7) is 3.21. The summed E-state index contributed by atoms with van der Waals surface area (Å²) in [6, 6.07) is 6.92. The SMILES string of the molecule is CC(NC(=O)c1n[nH]c2ccccc12)C(=O)NC1CNC1. The Hall–Kier alpha value is -2.41. The molecule has 1 aliphatic heterocycles. The second-order valence-electron chi connectivity index (χ2n) is 5.18. The maximum absolute atomic E-state index is 12.2. The number of para-hydroxylation sites is 1. The van der Waals surface area contributed by atoms with E-state index in [0.29, 0.717) is 5.69 Å². The zero-order chi connectivity index (χ0) is 14.8. The molecule has 3 rings (SSSR count). The van der Waals surface area contributed by atoms with Crippen molar-refractivity contribution < 1.29 is 9.59 Å². The van der Waals surface area contributed by atoms with Crippen LogP contribution in [0.25, 0.3) is 10.9 Å². The highest BCUT2D eigenvalue weighted by Crippen LogP contribution is 2.14. The number of benzene rings is 1. The average molecular weight is 287 g/mol. The third kappa shape index (κ3) is 2.73. The molecule has 7 nitrogen and oxygen atoms in total. The van der Waals surface area contributed by atoms with Crippen molar-refractivity contribution in [2.45, 2.75) is 19.0 Å². The number of hydrogen-bond acceptors (Lipinski definition) is 4. The van der Waals surface area contributed by atoms with Crippen LogP contribution in [-0.2, 0) is 4.79 Å². The van der Waals surface area contributed by atoms with Gasteiger partial charge in [0, 0.05) is 18.5 Å². The summed E-state index contributed by atoms with van der Waals surface area (Å²) >= 11 is 0. The van der Waals surface area contributed by atoms with Crippen LogP contribution in [-0.4, -0.2) is 47.2 Å². The zero-order valence-electron chi connectivity index (χ0n) is 11.6. The van der Waals surface area contributed by atoms with Crippen LogP contribution in [0.15, 0.2) is 24.3 Å². The van der Waals surface area contributed by atoms with Gasteiger partial charge in [0.25, 0.3) is 5.91 Å². The number of amides is 2. The van der Waals surface area contributed by atoms with Gasteiger partial charge in [0.2, 0.25) is 5.91 Å². The van der Waals surface area contributed by atoms with Gasteiger partial charge in [0.15, 0.2) is 5.69 Å². The Balaban J connectivity index is 1.66. The van der Waals surface area contributed by atoms with E-state index in [1.165, 1.54) is 0 Å². The van der Waals surface area contributed by atoms with Crippen LogP contribution in [0.3, 0.4) is 0 Å². The lowest BCUT2D eigenvalue weighted by atomic mass is 10.1. The third-order valence-electron chi connectivity index (χ3n) is 3.55. The van der Waals surface area contributed by atoms with Crippen molar-refractivity contribution >= 4 is 22.7 Å². The van der Waals surface area contributed by atoms with Crippen molar-refractivity contribution in [3.8, 4) is 0 Å². The van der Waals surface area contributed by atoms with E-state index < -0.39 is 6.04 Å². The molecule has 1 aliphatic rings. The summed E-state index contributed by atoms with van der Waals surface area (Å²) in [5, 5.41) is 16.2. The number of carbonyl (C=O) groups excluding carboxylic acids is 2. The number of fused-ring (bicyclic) bond motifs is 1. The molecule has 0 radical (unpaired) electrons. The lowest BCUT2D eigenvalue weighted by Crippen LogP contribution is -2.59. The topological polar surface area (TPSA) is 98.9 Å². The third-order valence-corrected chi connectivity index (χ3v) is 3.55. The molecule has 1 fully saturated rings. The van der Waals surface area contributed by atoms with Crippen molar-refractivity contribution in [2.75, 3.05) is 13.1 Å². The van der Waals surface area contributed by atoms with E-state index in [9.17, 15) is 9.59 Å². The van der Waals surface area contributed by atoms with Gasteiger partial charge in [-0.1, -0.05) is 18.2 Å². The van der Waals surface area contributed by atoms with Crippen LogP contribution in [0.1, 0.15) is 17.4 Å². The molecular weight excluding hydrogens is 270 g/mol. The molecule has 0 saturated carbocycles. The molecule has 4 N–H and O–H groups in total. The van der Waals surface area contributed by atoms with Gasteiger partial charge >= 0.3 is 0 Å². The van der Waals surface area contributed by atoms with E-state index >= 15 is 0 Å². The fourth-order valence-electron chi connectivity index (χ4n) is 2.18. The van der Waals surface area contributed by atoms with E-state index in [4.69, 9.17) is 0 Å². The van der Waals surface area contributed by atoms with Crippen LogP contribution in [0.4, 0.5) is 0 Å². The standard InChI is InChI=1S/C14H17N5O2/c1-8(13(20)17-9-6-15-7-9)16-14(21)12-10-4-2-3-5-11(10)18-19-12/h2-5,8-9,15H,6-7H2,1H3,(H,16,21)(H,17,20)(H,18,19). The first kappa shape index (κ1) is 13.6. The molecule has 1 unspecified atom stereocenters. The van der Waals surface area contributed by atoms with E-state index in [-0.39, 0.29) is 17.9 Å². The number of aromatic nitrogens is 2. The molecule has 7 heteroatoms. The Morgan fingerprint density at radius 1 is 1.33 bits per heavy atom. The van der Waals surface area contributed by atoms with Crippen LogP contribution in [0.5, 0.6) is 0 Å². The second kappa shape index (κ2) is 5.53. The molecule has 1 saturated heterocycles. The molecule has 2 heterocycles. The predicted octanol–water partition coefficient (Wildman–Crippen LogP) is -0.231. The van der Waals surface area contributed by atoms with Gasteiger partial charge in [-0.15, -0.1) is 0 Å². The van der Waals surface area contributed by atoms with Gasteiger partial charge in [0.1, 0.15) is 6.04 Å². The summed E-state index contributed by atoms with van der Waals surface area (Å²) in [7, 11) is 0. The summed E-state index contributed by atoms with van der Waals surface area (Å²) in [4.78, 5) is 24.2. The van der Waals surface area contributed by atoms with E-state index in [1.807, 2.05) is 24.3 Å². The van der Waals surface area contributed by atoms with Crippen molar-refractivity contribution in [1.29, 1.82) is 0 Å². The fourth-order valence-corrected chi connectivity index (χ4v) is 2.18. The van der Waals surface area contributed by atoms with Gasteiger partial charge in [-0.05, 0) is 13.0 Å². The van der Waals surface area contributed by atoms with Crippen LogP contribution >= 0.6 is 0 Å². The largest absolute Gasteiger partial charge is 0.349 e. The molecule has 1 aromatic heterocycles. The highest BCUT2D eigenvalue weighted by Gasteiger charge is 2.24. The summed E-state index contributed by atoms with van der Waals surface area (Å²) in [5.74, 6) is -0.545. The zero-order valence-corrected chi connectivity index (χ0v) is 11.6. The van der Waals surface area contributed by atoms with Gasteiger partial charge in [-0.2, -0.15) is 5.10 Å². The first-order valence-electron chi connectivity index (χ1n) is 6.90. The molecule has 0 spiro atoms. The Labute approximate surface area is 121 Å².